The fourth-order valence-corrected chi connectivity index (χ4v) is 4.83. The maximum Gasteiger partial charge on any atom is 0.243 e. The molecular formula is C23H22BrClN2O4S. The van der Waals surface area contributed by atoms with Crippen LogP contribution >= 0.6 is 27.5 Å². The summed E-state index contributed by atoms with van der Waals surface area (Å²) in [5, 5.41) is 0.430. The Hall–Kier alpha value is -2.39. The van der Waals surface area contributed by atoms with Gasteiger partial charge in [0.2, 0.25) is 15.9 Å². The van der Waals surface area contributed by atoms with Crippen LogP contribution in [0.2, 0.25) is 5.02 Å². The van der Waals surface area contributed by atoms with E-state index in [2.05, 4.69) is 15.9 Å². The van der Waals surface area contributed by atoms with Crippen LogP contribution in [0.4, 0.5) is 5.69 Å². The summed E-state index contributed by atoms with van der Waals surface area (Å²) in [6.45, 7) is -0.396. The molecule has 0 bridgehead atoms. The number of ether oxygens (including phenoxy) is 1. The first-order chi connectivity index (χ1) is 15.2. The van der Waals surface area contributed by atoms with Crippen LogP contribution in [0, 0.1) is 0 Å². The van der Waals surface area contributed by atoms with Gasteiger partial charge in [-0.3, -0.25) is 4.79 Å². The lowest BCUT2D eigenvalue weighted by molar-refractivity contribution is -0.118. The van der Waals surface area contributed by atoms with E-state index in [0.29, 0.717) is 22.0 Å². The van der Waals surface area contributed by atoms with E-state index < -0.39 is 10.0 Å². The predicted molar refractivity (Wildman–Crippen MR) is 130 cm³/mol. The number of sulfonamides is 1. The Labute approximate surface area is 201 Å². The molecule has 0 N–H and O–H groups in total. The number of methoxy groups -OCH3 is 1. The molecule has 0 heterocycles. The lowest BCUT2D eigenvalue weighted by Gasteiger charge is -2.25. The molecule has 0 fully saturated rings. The van der Waals surface area contributed by atoms with Crippen molar-refractivity contribution in [1.82, 2.24) is 4.31 Å². The number of rotatable bonds is 8. The molecule has 32 heavy (non-hydrogen) atoms. The molecule has 168 valence electrons. The van der Waals surface area contributed by atoms with Gasteiger partial charge in [-0.15, -0.1) is 0 Å². The van der Waals surface area contributed by atoms with Crippen molar-refractivity contribution in [3.05, 3.63) is 87.9 Å². The number of likely N-dealkylation sites (N-methyl/N-ethyl adjacent to an activating group) is 1. The molecule has 0 aliphatic carbocycles. The van der Waals surface area contributed by atoms with Gasteiger partial charge < -0.3 is 9.64 Å². The van der Waals surface area contributed by atoms with Crippen LogP contribution in [0.3, 0.4) is 0 Å². The molecule has 0 aliphatic rings. The zero-order chi connectivity index (χ0) is 23.3. The fraction of sp³-hybridized carbons (Fsp3) is 0.174. The van der Waals surface area contributed by atoms with Gasteiger partial charge in [0, 0.05) is 28.8 Å². The summed E-state index contributed by atoms with van der Waals surface area (Å²) in [5.74, 6) is 0.274. The zero-order valence-electron chi connectivity index (χ0n) is 17.5. The molecule has 0 unspecified atom stereocenters. The van der Waals surface area contributed by atoms with Gasteiger partial charge in [-0.1, -0.05) is 45.7 Å². The van der Waals surface area contributed by atoms with Gasteiger partial charge in [-0.05, 0) is 60.2 Å². The van der Waals surface area contributed by atoms with E-state index in [9.17, 15) is 13.2 Å². The van der Waals surface area contributed by atoms with Crippen LogP contribution in [-0.4, -0.2) is 39.3 Å². The number of carbonyl (C=O) groups is 1. The topological polar surface area (TPSA) is 66.9 Å². The van der Waals surface area contributed by atoms with Gasteiger partial charge in [-0.2, -0.15) is 4.31 Å². The predicted octanol–water partition coefficient (Wildman–Crippen LogP) is 4.97. The first-order valence-electron chi connectivity index (χ1n) is 9.62. The van der Waals surface area contributed by atoms with Crippen LogP contribution < -0.4 is 9.64 Å². The highest BCUT2D eigenvalue weighted by Gasteiger charge is 2.29. The molecule has 0 saturated carbocycles. The molecule has 9 heteroatoms. The minimum atomic E-state index is -3.97. The van der Waals surface area contributed by atoms with Gasteiger partial charge in [-0.25, -0.2) is 8.42 Å². The van der Waals surface area contributed by atoms with Crippen molar-refractivity contribution in [2.45, 2.75) is 11.4 Å². The number of benzene rings is 3. The van der Waals surface area contributed by atoms with E-state index in [4.69, 9.17) is 16.3 Å². The highest BCUT2D eigenvalue weighted by atomic mass is 79.9. The standard InChI is InChI=1S/C23H22BrClN2O4S/c1-26(19-9-11-20(31-2)12-10-19)23(28)16-27(15-17-5-3-4-6-22(17)25)32(29,30)21-13-7-18(24)8-14-21/h3-14H,15-16H2,1-2H3. The molecule has 0 spiro atoms. The molecule has 3 aromatic rings. The smallest absolute Gasteiger partial charge is 0.243 e. The Morgan fingerprint density at radius 3 is 2.22 bits per heavy atom. The summed E-state index contributed by atoms with van der Waals surface area (Å²) in [5.41, 5.74) is 1.23. The molecular weight excluding hydrogens is 516 g/mol. The van der Waals surface area contributed by atoms with Crippen LogP contribution in [0.1, 0.15) is 5.56 Å². The number of hydrogen-bond donors (Lipinski definition) is 0. The van der Waals surface area contributed by atoms with Crippen LogP contribution in [-0.2, 0) is 21.4 Å². The SMILES string of the molecule is COc1ccc(N(C)C(=O)CN(Cc2ccccc2Cl)S(=O)(=O)c2ccc(Br)cc2)cc1. The van der Waals surface area contributed by atoms with Crippen molar-refractivity contribution < 1.29 is 17.9 Å². The summed E-state index contributed by atoms with van der Waals surface area (Å²) in [6, 6.07) is 20.2. The lowest BCUT2D eigenvalue weighted by Crippen LogP contribution is -2.41. The van der Waals surface area contributed by atoms with E-state index in [1.807, 2.05) is 0 Å². The number of halogens is 2. The molecule has 0 aliphatic heterocycles. The van der Waals surface area contributed by atoms with Gasteiger partial charge in [0.25, 0.3) is 0 Å². The second-order valence-electron chi connectivity index (χ2n) is 6.97. The average Bonchev–Trinajstić information content (AvgIpc) is 2.79. The molecule has 1 amide bonds. The lowest BCUT2D eigenvalue weighted by atomic mass is 10.2. The maximum absolute atomic E-state index is 13.4. The quantitative estimate of drug-likeness (QED) is 0.407. The second-order valence-corrected chi connectivity index (χ2v) is 10.2. The maximum atomic E-state index is 13.4. The Balaban J connectivity index is 1.91. The molecule has 6 nitrogen and oxygen atoms in total. The minimum absolute atomic E-state index is 0.0414. The Bertz CT molecular complexity index is 1190. The number of amides is 1. The van der Waals surface area contributed by atoms with E-state index in [-0.39, 0.29) is 23.9 Å². The van der Waals surface area contributed by atoms with Crippen molar-refractivity contribution >= 4 is 49.1 Å². The summed E-state index contributed by atoms with van der Waals surface area (Å²) >= 11 is 9.59. The zero-order valence-corrected chi connectivity index (χ0v) is 20.7. The molecule has 0 saturated heterocycles. The third kappa shape index (κ3) is 5.69. The molecule has 3 rings (SSSR count). The van der Waals surface area contributed by atoms with Crippen LogP contribution in [0.25, 0.3) is 0 Å². The fourth-order valence-electron chi connectivity index (χ4n) is 3.00. The third-order valence-electron chi connectivity index (χ3n) is 4.90. The van der Waals surface area contributed by atoms with Crippen molar-refractivity contribution in [1.29, 1.82) is 0 Å². The first kappa shape index (κ1) is 24.3. The monoisotopic (exact) mass is 536 g/mol. The second kappa shape index (κ2) is 10.5. The van der Waals surface area contributed by atoms with Crippen LogP contribution in [0.5, 0.6) is 5.75 Å². The van der Waals surface area contributed by atoms with E-state index in [1.54, 1.807) is 74.8 Å². The Kier molecular flexibility index (Phi) is 7.95. The molecule has 0 atom stereocenters. The summed E-state index contributed by atoms with van der Waals surface area (Å²) in [6.07, 6.45) is 0. The number of carbonyl (C=O) groups excluding carboxylic acids is 1. The number of hydrogen-bond acceptors (Lipinski definition) is 4. The van der Waals surface area contributed by atoms with Crippen molar-refractivity contribution in [2.24, 2.45) is 0 Å². The summed E-state index contributed by atoms with van der Waals surface area (Å²) in [4.78, 5) is 14.6. The molecule has 3 aromatic carbocycles. The largest absolute Gasteiger partial charge is 0.497 e. The van der Waals surface area contributed by atoms with E-state index in [0.717, 1.165) is 8.78 Å². The van der Waals surface area contributed by atoms with Crippen molar-refractivity contribution in [3.63, 3.8) is 0 Å². The average molecular weight is 538 g/mol. The van der Waals surface area contributed by atoms with Gasteiger partial charge >= 0.3 is 0 Å². The molecule has 0 aromatic heterocycles. The van der Waals surface area contributed by atoms with Crippen molar-refractivity contribution in [3.8, 4) is 5.75 Å². The van der Waals surface area contributed by atoms with E-state index in [1.165, 1.54) is 17.0 Å². The first-order valence-corrected chi connectivity index (χ1v) is 12.2. The summed E-state index contributed by atoms with van der Waals surface area (Å²) in [7, 11) is -0.808. The number of nitrogens with zero attached hydrogens (tertiary/aromatic N) is 2. The van der Waals surface area contributed by atoms with Crippen LogP contribution in [0.15, 0.2) is 82.2 Å². The van der Waals surface area contributed by atoms with Gasteiger partial charge in [0.05, 0.1) is 18.6 Å². The number of anilines is 1. The van der Waals surface area contributed by atoms with Crippen molar-refractivity contribution in [2.75, 3.05) is 25.6 Å². The third-order valence-corrected chi connectivity index (χ3v) is 7.60. The molecule has 0 radical (unpaired) electrons. The van der Waals surface area contributed by atoms with Gasteiger partial charge in [0.15, 0.2) is 0 Å². The Morgan fingerprint density at radius 1 is 1.00 bits per heavy atom. The Morgan fingerprint density at radius 2 is 1.62 bits per heavy atom. The van der Waals surface area contributed by atoms with Gasteiger partial charge in [0.1, 0.15) is 5.75 Å². The summed E-state index contributed by atoms with van der Waals surface area (Å²) < 4.78 is 33.9. The van der Waals surface area contributed by atoms with E-state index >= 15 is 0 Å². The highest BCUT2D eigenvalue weighted by molar-refractivity contribution is 9.10. The minimum Gasteiger partial charge on any atom is -0.497 e. The normalized spacial score (nSPS) is 11.4. The highest BCUT2D eigenvalue weighted by Crippen LogP contribution is 2.25.